The standard InChI is InChI=1S/C8H17N3O3/c1-8(2,5-9)6(12)11-3-4-14-7(10)13/h3-5,9H2,1-2H3,(H2,10,13)(H,11,12). The van der Waals surface area contributed by atoms with Crippen LogP contribution in [0.5, 0.6) is 0 Å². The summed E-state index contributed by atoms with van der Waals surface area (Å²) in [6.45, 7) is 4.04. The summed E-state index contributed by atoms with van der Waals surface area (Å²) in [7, 11) is 0. The summed E-state index contributed by atoms with van der Waals surface area (Å²) in [5.74, 6) is -0.173. The van der Waals surface area contributed by atoms with Crippen molar-refractivity contribution >= 4 is 12.0 Å². The Morgan fingerprint density at radius 2 is 2.00 bits per heavy atom. The number of carbonyl (C=O) groups is 2. The minimum absolute atomic E-state index is 0.0712. The van der Waals surface area contributed by atoms with Gasteiger partial charge in [0.15, 0.2) is 0 Å². The molecule has 6 heteroatoms. The summed E-state index contributed by atoms with van der Waals surface area (Å²) in [6.07, 6.45) is -0.850. The van der Waals surface area contributed by atoms with E-state index in [0.29, 0.717) is 0 Å². The predicted molar refractivity (Wildman–Crippen MR) is 51.4 cm³/mol. The third-order valence-corrected chi connectivity index (χ3v) is 1.76. The molecule has 0 aromatic heterocycles. The molecule has 0 aromatic carbocycles. The fourth-order valence-electron chi connectivity index (χ4n) is 0.648. The molecular formula is C8H17N3O3. The molecule has 0 radical (unpaired) electrons. The Kier molecular flexibility index (Phi) is 4.93. The van der Waals surface area contributed by atoms with E-state index in [-0.39, 0.29) is 25.6 Å². The fraction of sp³-hybridized carbons (Fsp3) is 0.750. The maximum Gasteiger partial charge on any atom is 0.404 e. The molecule has 0 aliphatic rings. The lowest BCUT2D eigenvalue weighted by molar-refractivity contribution is -0.129. The fourth-order valence-corrected chi connectivity index (χ4v) is 0.648. The summed E-state index contributed by atoms with van der Waals surface area (Å²) in [4.78, 5) is 21.5. The van der Waals surface area contributed by atoms with E-state index in [2.05, 4.69) is 10.1 Å². The molecule has 0 bridgehead atoms. The topological polar surface area (TPSA) is 107 Å². The molecule has 0 spiro atoms. The van der Waals surface area contributed by atoms with E-state index < -0.39 is 11.5 Å². The minimum Gasteiger partial charge on any atom is -0.448 e. The maximum absolute atomic E-state index is 11.4. The first-order valence-electron chi connectivity index (χ1n) is 4.31. The van der Waals surface area contributed by atoms with Crippen molar-refractivity contribution in [3.63, 3.8) is 0 Å². The van der Waals surface area contributed by atoms with E-state index >= 15 is 0 Å². The van der Waals surface area contributed by atoms with Crippen LogP contribution in [0.1, 0.15) is 13.8 Å². The van der Waals surface area contributed by atoms with E-state index in [0.717, 1.165) is 0 Å². The largest absolute Gasteiger partial charge is 0.448 e. The molecule has 0 saturated heterocycles. The average Bonchev–Trinajstić information content (AvgIpc) is 2.11. The van der Waals surface area contributed by atoms with E-state index in [1.54, 1.807) is 13.8 Å². The molecule has 0 aliphatic carbocycles. The number of nitrogens with one attached hydrogen (secondary N) is 1. The van der Waals surface area contributed by atoms with Gasteiger partial charge in [-0.2, -0.15) is 0 Å². The Labute approximate surface area is 83.0 Å². The Bertz CT molecular complexity index is 216. The zero-order chi connectivity index (χ0) is 11.2. The number of nitrogens with two attached hydrogens (primary N) is 2. The van der Waals surface area contributed by atoms with Gasteiger partial charge in [-0.05, 0) is 13.8 Å². The van der Waals surface area contributed by atoms with Crippen LogP contribution in [0, 0.1) is 5.41 Å². The van der Waals surface area contributed by atoms with E-state index in [1.165, 1.54) is 0 Å². The highest BCUT2D eigenvalue weighted by atomic mass is 16.5. The Morgan fingerprint density at radius 3 is 2.43 bits per heavy atom. The van der Waals surface area contributed by atoms with Gasteiger partial charge in [0, 0.05) is 6.54 Å². The SMILES string of the molecule is CC(C)(CN)C(=O)NCCOC(N)=O. The van der Waals surface area contributed by atoms with Gasteiger partial charge >= 0.3 is 6.09 Å². The van der Waals surface area contributed by atoms with E-state index in [9.17, 15) is 9.59 Å². The van der Waals surface area contributed by atoms with Crippen LogP contribution in [0.15, 0.2) is 0 Å². The number of primary amides is 1. The number of carbonyl (C=O) groups excluding carboxylic acids is 2. The number of hydrogen-bond acceptors (Lipinski definition) is 4. The van der Waals surface area contributed by atoms with Crippen molar-refractivity contribution in [1.82, 2.24) is 5.32 Å². The molecule has 6 nitrogen and oxygen atoms in total. The van der Waals surface area contributed by atoms with Crippen LogP contribution in [0.25, 0.3) is 0 Å². The van der Waals surface area contributed by atoms with Crippen molar-refractivity contribution in [2.75, 3.05) is 19.7 Å². The molecule has 0 unspecified atom stereocenters. The molecular weight excluding hydrogens is 186 g/mol. The first kappa shape index (κ1) is 12.7. The number of rotatable bonds is 5. The first-order chi connectivity index (χ1) is 6.40. The lowest BCUT2D eigenvalue weighted by Gasteiger charge is -2.20. The summed E-state index contributed by atoms with van der Waals surface area (Å²) >= 11 is 0. The average molecular weight is 203 g/mol. The lowest BCUT2D eigenvalue weighted by atomic mass is 9.93. The van der Waals surface area contributed by atoms with Crippen LogP contribution in [0.4, 0.5) is 4.79 Å². The molecule has 0 atom stereocenters. The quantitative estimate of drug-likeness (QED) is 0.507. The Hall–Kier alpha value is -1.30. The second-order valence-electron chi connectivity index (χ2n) is 3.51. The maximum atomic E-state index is 11.4. The predicted octanol–water partition coefficient (Wildman–Crippen LogP) is -0.817. The van der Waals surface area contributed by atoms with Crippen LogP contribution in [-0.4, -0.2) is 31.7 Å². The second-order valence-corrected chi connectivity index (χ2v) is 3.51. The smallest absolute Gasteiger partial charge is 0.404 e. The van der Waals surface area contributed by atoms with E-state index in [4.69, 9.17) is 11.5 Å². The van der Waals surface area contributed by atoms with Gasteiger partial charge < -0.3 is 21.5 Å². The van der Waals surface area contributed by atoms with Gasteiger partial charge in [0.1, 0.15) is 6.61 Å². The molecule has 0 fully saturated rings. The van der Waals surface area contributed by atoms with E-state index in [1.807, 2.05) is 0 Å². The molecule has 0 aliphatic heterocycles. The van der Waals surface area contributed by atoms with Gasteiger partial charge in [-0.25, -0.2) is 4.79 Å². The van der Waals surface area contributed by atoms with Crippen LogP contribution in [0.3, 0.4) is 0 Å². The van der Waals surface area contributed by atoms with Crippen molar-refractivity contribution in [3.8, 4) is 0 Å². The van der Waals surface area contributed by atoms with Crippen molar-refractivity contribution < 1.29 is 14.3 Å². The Morgan fingerprint density at radius 1 is 1.43 bits per heavy atom. The molecule has 0 heterocycles. The van der Waals surface area contributed by atoms with Gasteiger partial charge in [-0.3, -0.25) is 4.79 Å². The third kappa shape index (κ3) is 4.66. The van der Waals surface area contributed by atoms with Crippen LogP contribution in [0.2, 0.25) is 0 Å². The van der Waals surface area contributed by atoms with Gasteiger partial charge in [0.25, 0.3) is 0 Å². The van der Waals surface area contributed by atoms with Gasteiger partial charge in [0.05, 0.1) is 12.0 Å². The highest BCUT2D eigenvalue weighted by molar-refractivity contribution is 5.82. The van der Waals surface area contributed by atoms with Crippen LogP contribution >= 0.6 is 0 Å². The highest BCUT2D eigenvalue weighted by Crippen LogP contribution is 2.11. The van der Waals surface area contributed by atoms with Crippen molar-refractivity contribution in [1.29, 1.82) is 0 Å². The molecule has 14 heavy (non-hydrogen) atoms. The summed E-state index contributed by atoms with van der Waals surface area (Å²) in [6, 6.07) is 0. The normalized spacial score (nSPS) is 10.8. The van der Waals surface area contributed by atoms with Crippen LogP contribution in [-0.2, 0) is 9.53 Å². The van der Waals surface area contributed by atoms with Crippen molar-refractivity contribution in [3.05, 3.63) is 0 Å². The second kappa shape index (κ2) is 5.43. The molecule has 2 amide bonds. The monoisotopic (exact) mass is 203 g/mol. The van der Waals surface area contributed by atoms with Crippen molar-refractivity contribution in [2.45, 2.75) is 13.8 Å². The lowest BCUT2D eigenvalue weighted by Crippen LogP contribution is -2.43. The zero-order valence-electron chi connectivity index (χ0n) is 8.50. The third-order valence-electron chi connectivity index (χ3n) is 1.76. The van der Waals surface area contributed by atoms with Crippen LogP contribution < -0.4 is 16.8 Å². The van der Waals surface area contributed by atoms with Gasteiger partial charge in [-0.15, -0.1) is 0 Å². The zero-order valence-corrected chi connectivity index (χ0v) is 8.50. The Balaban J connectivity index is 3.70. The number of hydrogen-bond donors (Lipinski definition) is 3. The number of ether oxygens (including phenoxy) is 1. The molecule has 82 valence electrons. The van der Waals surface area contributed by atoms with Gasteiger partial charge in [0.2, 0.25) is 5.91 Å². The van der Waals surface area contributed by atoms with Crippen molar-refractivity contribution in [2.24, 2.45) is 16.9 Å². The molecule has 0 rings (SSSR count). The molecule has 0 saturated carbocycles. The highest BCUT2D eigenvalue weighted by Gasteiger charge is 2.24. The minimum atomic E-state index is -0.850. The first-order valence-corrected chi connectivity index (χ1v) is 4.31. The molecule has 5 N–H and O–H groups in total. The summed E-state index contributed by atoms with van der Waals surface area (Å²) in [5.41, 5.74) is 9.52. The summed E-state index contributed by atoms with van der Waals surface area (Å²) < 4.78 is 4.43. The van der Waals surface area contributed by atoms with Gasteiger partial charge in [-0.1, -0.05) is 0 Å². The molecule has 0 aromatic rings. The summed E-state index contributed by atoms with van der Waals surface area (Å²) in [5, 5.41) is 2.58. The number of amides is 2.